The van der Waals surface area contributed by atoms with Crippen molar-refractivity contribution in [3.63, 3.8) is 0 Å². The molecule has 4 rings (SSSR count). The number of hydroxylamine groups is 2. The summed E-state index contributed by atoms with van der Waals surface area (Å²) in [6.45, 7) is 5.66. The number of hydrogen-bond donors (Lipinski definition) is 1. The van der Waals surface area contributed by atoms with Crippen LogP contribution in [0.2, 0.25) is 0 Å². The highest BCUT2D eigenvalue weighted by Gasteiger charge is 2.49. The maximum absolute atomic E-state index is 13.4. The van der Waals surface area contributed by atoms with Gasteiger partial charge in [0.05, 0.1) is 34.0 Å². The molecule has 2 aliphatic heterocycles. The molecule has 1 amide bonds. The normalized spacial score (nSPS) is 17.5. The zero-order valence-corrected chi connectivity index (χ0v) is 21.3. The predicted octanol–water partition coefficient (Wildman–Crippen LogP) is 3.78. The van der Waals surface area contributed by atoms with E-state index in [1.165, 1.54) is 0 Å². The van der Waals surface area contributed by atoms with Crippen molar-refractivity contribution < 1.29 is 28.6 Å². The van der Waals surface area contributed by atoms with Crippen molar-refractivity contribution in [3.05, 3.63) is 58.3 Å². The lowest BCUT2D eigenvalue weighted by Crippen LogP contribution is -2.53. The van der Waals surface area contributed by atoms with Crippen molar-refractivity contribution in [2.45, 2.75) is 38.8 Å². The van der Waals surface area contributed by atoms with E-state index in [-0.39, 0.29) is 12.5 Å². The van der Waals surface area contributed by atoms with Gasteiger partial charge in [-0.1, -0.05) is 23.8 Å². The second-order valence-electron chi connectivity index (χ2n) is 8.99. The number of nitrogens with zero attached hydrogens (tertiary/aromatic N) is 1. The quantitative estimate of drug-likeness (QED) is 0.613. The molecule has 0 saturated carbocycles. The minimum absolute atomic E-state index is 0.107. The molecule has 8 heteroatoms. The SMILES string of the molecule is COc1cc(COC2=C(c3cc(C)ccc3C)C(=O)NC23CCN(OC)CC3)cc(OC)c1OC. The fraction of sp³-hybridized carbons (Fsp3) is 0.444. The first-order valence-electron chi connectivity index (χ1n) is 11.7. The average molecular weight is 483 g/mol. The molecule has 0 aliphatic carbocycles. The molecule has 0 radical (unpaired) electrons. The van der Waals surface area contributed by atoms with E-state index >= 15 is 0 Å². The summed E-state index contributed by atoms with van der Waals surface area (Å²) in [5.41, 5.74) is 3.87. The van der Waals surface area contributed by atoms with Gasteiger partial charge in [-0.25, -0.2) is 0 Å². The van der Waals surface area contributed by atoms with Crippen molar-refractivity contribution >= 4 is 11.5 Å². The van der Waals surface area contributed by atoms with Gasteiger partial charge < -0.3 is 29.1 Å². The van der Waals surface area contributed by atoms with Gasteiger partial charge in [0.1, 0.15) is 17.9 Å². The summed E-state index contributed by atoms with van der Waals surface area (Å²) < 4.78 is 23.0. The number of piperidine rings is 1. The third kappa shape index (κ3) is 4.68. The molecule has 0 bridgehead atoms. The summed E-state index contributed by atoms with van der Waals surface area (Å²) in [6.07, 6.45) is 1.37. The fourth-order valence-electron chi connectivity index (χ4n) is 4.92. The molecule has 0 unspecified atom stereocenters. The highest BCUT2D eigenvalue weighted by Crippen LogP contribution is 2.43. The van der Waals surface area contributed by atoms with Crippen LogP contribution in [0.15, 0.2) is 36.1 Å². The lowest BCUT2D eigenvalue weighted by Gasteiger charge is -2.39. The number of amides is 1. The molecule has 1 N–H and O–H groups in total. The fourth-order valence-corrected chi connectivity index (χ4v) is 4.92. The zero-order valence-electron chi connectivity index (χ0n) is 21.3. The number of benzene rings is 2. The number of methoxy groups -OCH3 is 3. The van der Waals surface area contributed by atoms with Gasteiger partial charge in [-0.2, -0.15) is 5.06 Å². The molecular formula is C27H34N2O6. The molecule has 2 aromatic rings. The van der Waals surface area contributed by atoms with Crippen molar-refractivity contribution in [1.82, 2.24) is 10.4 Å². The molecule has 0 atom stereocenters. The van der Waals surface area contributed by atoms with Crippen LogP contribution in [0.1, 0.15) is 35.1 Å². The largest absolute Gasteiger partial charge is 0.493 e. The van der Waals surface area contributed by atoms with E-state index < -0.39 is 5.54 Å². The number of rotatable bonds is 8. The summed E-state index contributed by atoms with van der Waals surface area (Å²) in [6, 6.07) is 9.87. The summed E-state index contributed by atoms with van der Waals surface area (Å²) in [5.74, 6) is 2.20. The summed E-state index contributed by atoms with van der Waals surface area (Å²) in [7, 11) is 6.41. The monoisotopic (exact) mass is 482 g/mol. The van der Waals surface area contributed by atoms with Crippen LogP contribution in [-0.2, 0) is 21.0 Å². The van der Waals surface area contributed by atoms with E-state index in [2.05, 4.69) is 17.4 Å². The number of carbonyl (C=O) groups is 1. The topological polar surface area (TPSA) is 78.5 Å². The van der Waals surface area contributed by atoms with Crippen LogP contribution in [0.3, 0.4) is 0 Å². The van der Waals surface area contributed by atoms with Gasteiger partial charge in [-0.15, -0.1) is 0 Å². The number of carbonyl (C=O) groups excluding carboxylic acids is 1. The van der Waals surface area contributed by atoms with E-state index in [4.69, 9.17) is 23.8 Å². The zero-order chi connectivity index (χ0) is 25.2. The van der Waals surface area contributed by atoms with Crippen LogP contribution in [0.5, 0.6) is 17.2 Å². The first-order valence-corrected chi connectivity index (χ1v) is 11.7. The Morgan fingerprint density at radius 2 is 1.60 bits per heavy atom. The molecule has 188 valence electrons. The van der Waals surface area contributed by atoms with E-state index in [0.717, 1.165) is 22.3 Å². The van der Waals surface area contributed by atoms with Gasteiger partial charge in [0.2, 0.25) is 5.75 Å². The van der Waals surface area contributed by atoms with Crippen LogP contribution in [0.25, 0.3) is 5.57 Å². The average Bonchev–Trinajstić information content (AvgIpc) is 3.13. The van der Waals surface area contributed by atoms with Gasteiger partial charge in [-0.3, -0.25) is 4.79 Å². The molecular weight excluding hydrogens is 448 g/mol. The van der Waals surface area contributed by atoms with Crippen molar-refractivity contribution in [3.8, 4) is 17.2 Å². The smallest absolute Gasteiger partial charge is 0.256 e. The molecule has 2 heterocycles. The Balaban J connectivity index is 1.76. The third-order valence-electron chi connectivity index (χ3n) is 6.85. The highest BCUT2D eigenvalue weighted by molar-refractivity contribution is 6.23. The van der Waals surface area contributed by atoms with Crippen molar-refractivity contribution in [2.24, 2.45) is 0 Å². The molecule has 8 nitrogen and oxygen atoms in total. The molecule has 1 fully saturated rings. The van der Waals surface area contributed by atoms with Gasteiger partial charge in [0, 0.05) is 13.1 Å². The van der Waals surface area contributed by atoms with Gasteiger partial charge >= 0.3 is 0 Å². The Labute approximate surface area is 206 Å². The Bertz CT molecular complexity index is 1110. The Kier molecular flexibility index (Phi) is 7.23. The van der Waals surface area contributed by atoms with E-state index in [1.807, 2.05) is 37.1 Å². The van der Waals surface area contributed by atoms with E-state index in [0.29, 0.717) is 54.5 Å². The molecule has 2 aromatic carbocycles. The van der Waals surface area contributed by atoms with Crippen LogP contribution in [0, 0.1) is 13.8 Å². The van der Waals surface area contributed by atoms with Gasteiger partial charge in [0.15, 0.2) is 11.5 Å². The lowest BCUT2D eigenvalue weighted by molar-refractivity contribution is -0.153. The Hall–Kier alpha value is -3.23. The summed E-state index contributed by atoms with van der Waals surface area (Å²) >= 11 is 0. The molecule has 35 heavy (non-hydrogen) atoms. The number of ether oxygens (including phenoxy) is 4. The second-order valence-corrected chi connectivity index (χ2v) is 8.99. The summed E-state index contributed by atoms with van der Waals surface area (Å²) in [5, 5.41) is 5.18. The third-order valence-corrected chi connectivity index (χ3v) is 6.85. The minimum Gasteiger partial charge on any atom is -0.493 e. The second kappa shape index (κ2) is 10.2. The maximum atomic E-state index is 13.4. The molecule has 1 spiro atoms. The van der Waals surface area contributed by atoms with E-state index in [1.54, 1.807) is 28.4 Å². The molecule has 2 aliphatic rings. The predicted molar refractivity (Wildman–Crippen MR) is 132 cm³/mol. The summed E-state index contributed by atoms with van der Waals surface area (Å²) in [4.78, 5) is 18.8. The van der Waals surface area contributed by atoms with Crippen LogP contribution >= 0.6 is 0 Å². The Morgan fingerprint density at radius 1 is 0.943 bits per heavy atom. The standard InChI is InChI=1S/C27H34N2O6/c1-17-7-8-18(2)20(13-17)23-25(27(28-26(23)30)9-11-29(34-6)12-10-27)35-16-19-14-21(31-3)24(33-5)22(15-19)32-4/h7-8,13-15H,9-12,16H2,1-6H3,(H,28,30). The first-order chi connectivity index (χ1) is 16.9. The van der Waals surface area contributed by atoms with E-state index in [9.17, 15) is 4.79 Å². The number of hydrogen-bond acceptors (Lipinski definition) is 7. The van der Waals surface area contributed by atoms with Crippen LogP contribution < -0.4 is 19.5 Å². The Morgan fingerprint density at radius 3 is 2.17 bits per heavy atom. The number of nitrogens with one attached hydrogen (secondary N) is 1. The van der Waals surface area contributed by atoms with Crippen molar-refractivity contribution in [1.29, 1.82) is 0 Å². The van der Waals surface area contributed by atoms with Crippen LogP contribution in [-0.4, -0.2) is 58.0 Å². The van der Waals surface area contributed by atoms with Crippen LogP contribution in [0.4, 0.5) is 0 Å². The maximum Gasteiger partial charge on any atom is 0.256 e. The lowest BCUT2D eigenvalue weighted by atomic mass is 9.85. The highest BCUT2D eigenvalue weighted by atomic mass is 16.7. The van der Waals surface area contributed by atoms with Gasteiger partial charge in [-0.05, 0) is 55.5 Å². The van der Waals surface area contributed by atoms with Crippen molar-refractivity contribution in [2.75, 3.05) is 41.5 Å². The molecule has 1 saturated heterocycles. The molecule has 0 aromatic heterocycles. The number of aryl methyl sites for hydroxylation is 2. The first kappa shape index (κ1) is 24.9. The minimum atomic E-state index is -0.585. The van der Waals surface area contributed by atoms with Gasteiger partial charge in [0.25, 0.3) is 5.91 Å².